The van der Waals surface area contributed by atoms with E-state index in [1.807, 2.05) is 12.4 Å². The summed E-state index contributed by atoms with van der Waals surface area (Å²) in [7, 11) is 0. The van der Waals surface area contributed by atoms with Gasteiger partial charge in [0.05, 0.1) is 0 Å². The molecular weight excluding hydrogens is 272 g/mol. The molecule has 1 fully saturated rings. The van der Waals surface area contributed by atoms with Gasteiger partial charge < -0.3 is 29.7 Å². The molecule has 1 saturated heterocycles. The van der Waals surface area contributed by atoms with Crippen LogP contribution in [0, 0.1) is 0 Å². The first kappa shape index (κ1) is 16.6. The Morgan fingerprint density at radius 2 is 1.50 bits per heavy atom. The Bertz CT molecular complexity index is 228. The maximum absolute atomic E-state index is 3.99. The molecule has 1 aromatic heterocycles. The molecule has 74 valence electrons. The monoisotopic (exact) mass is 282 g/mol. The molecule has 0 unspecified atom stereocenters. The van der Waals surface area contributed by atoms with Crippen LogP contribution >= 0.6 is 0 Å². The molecule has 14 heavy (non-hydrogen) atoms. The molecule has 0 saturated carbocycles. The van der Waals surface area contributed by atoms with Gasteiger partial charge in [-0.2, -0.15) is 0 Å². The molecule has 0 aliphatic carbocycles. The Labute approximate surface area is 110 Å². The number of hydrogen-bond donors (Lipinski definition) is 0. The molecule has 2 rings (SSSR count). The number of hydrogen-bond acceptors (Lipinski definition) is 2. The number of pyridine rings is 1. The van der Waals surface area contributed by atoms with Crippen LogP contribution in [0.2, 0.25) is 0 Å². The Morgan fingerprint density at radius 1 is 1.00 bits per heavy atom. The fourth-order valence-electron chi connectivity index (χ4n) is 1.53. The average Bonchev–Trinajstić information content (AvgIpc) is 2.58. The second-order valence-electron chi connectivity index (χ2n) is 2.90. The summed E-state index contributed by atoms with van der Waals surface area (Å²) in [4.78, 5) is 6.39. The van der Waals surface area contributed by atoms with Gasteiger partial charge in [0, 0.05) is 31.2 Å². The number of aromatic nitrogens is 1. The zero-order chi connectivity index (χ0) is 7.52. The van der Waals surface area contributed by atoms with Crippen LogP contribution in [0.3, 0.4) is 0 Å². The predicted molar refractivity (Wildman–Crippen MR) is 45.7 cm³/mol. The number of anilines is 1. The Kier molecular flexibility index (Phi) is 10.0. The van der Waals surface area contributed by atoms with Gasteiger partial charge in [-0.1, -0.05) is 0 Å². The first-order valence-electron chi connectivity index (χ1n) is 4.12. The van der Waals surface area contributed by atoms with Gasteiger partial charge in [-0.25, -0.2) is 0 Å². The first-order chi connectivity index (χ1) is 5.47. The third-order valence-electron chi connectivity index (χ3n) is 2.13. The fraction of sp³-hybridized carbons (Fsp3) is 0.444. The molecule has 2 nitrogen and oxygen atoms in total. The van der Waals surface area contributed by atoms with E-state index in [1.165, 1.54) is 31.6 Å². The molecule has 1 aliphatic rings. The van der Waals surface area contributed by atoms with Crippen LogP contribution in [0.5, 0.6) is 0 Å². The molecule has 0 spiro atoms. The molecule has 0 bridgehead atoms. The summed E-state index contributed by atoms with van der Waals surface area (Å²) in [5.41, 5.74) is 1.32. The van der Waals surface area contributed by atoms with Crippen LogP contribution in [-0.4, -0.2) is 18.1 Å². The van der Waals surface area contributed by atoms with Gasteiger partial charge in [0.1, 0.15) is 0 Å². The van der Waals surface area contributed by atoms with Crippen molar-refractivity contribution in [1.29, 1.82) is 0 Å². The van der Waals surface area contributed by atoms with E-state index in [9.17, 15) is 0 Å². The molecule has 0 N–H and O–H groups in total. The van der Waals surface area contributed by atoms with Crippen LogP contribution in [0.1, 0.15) is 12.8 Å². The molecule has 1 aliphatic heterocycles. The minimum Gasteiger partial charge on any atom is -1.00 e. The van der Waals surface area contributed by atoms with Crippen molar-refractivity contribution in [2.24, 2.45) is 0 Å². The number of nitrogens with zero attached hydrogens (tertiary/aromatic N) is 2. The molecule has 0 aromatic carbocycles. The van der Waals surface area contributed by atoms with Crippen molar-refractivity contribution in [2.75, 3.05) is 18.0 Å². The molecule has 0 radical (unpaired) electrons. The van der Waals surface area contributed by atoms with E-state index in [1.54, 1.807) is 0 Å². The van der Waals surface area contributed by atoms with E-state index >= 15 is 0 Å². The summed E-state index contributed by atoms with van der Waals surface area (Å²) in [6.07, 6.45) is 6.38. The molecule has 0 amide bonds. The van der Waals surface area contributed by atoms with Crippen molar-refractivity contribution in [3.63, 3.8) is 0 Å². The third kappa shape index (κ3) is 4.12. The molecule has 5 heteroatoms. The van der Waals surface area contributed by atoms with Crippen molar-refractivity contribution < 1.29 is 44.3 Å². The van der Waals surface area contributed by atoms with Gasteiger partial charge in [-0.3, -0.25) is 4.98 Å². The quantitative estimate of drug-likeness (QED) is 0.485. The van der Waals surface area contributed by atoms with E-state index < -0.39 is 0 Å². The Balaban J connectivity index is 0. The van der Waals surface area contributed by atoms with E-state index in [2.05, 4.69) is 22.0 Å². The normalized spacial score (nSPS) is 13.6. The van der Waals surface area contributed by atoms with Crippen LogP contribution in [0.15, 0.2) is 24.5 Å². The topological polar surface area (TPSA) is 16.1 Å². The van der Waals surface area contributed by atoms with Gasteiger partial charge in [-0.15, -0.1) is 0 Å². The van der Waals surface area contributed by atoms with Crippen LogP contribution in [0.4, 0.5) is 5.69 Å². The Hall–Kier alpha value is 0.153. The van der Waals surface area contributed by atoms with E-state index in [0.29, 0.717) is 0 Å². The summed E-state index contributed by atoms with van der Waals surface area (Å²) >= 11 is 0. The van der Waals surface area contributed by atoms with Crippen LogP contribution in [0.25, 0.3) is 0 Å². The summed E-state index contributed by atoms with van der Waals surface area (Å²) in [5.74, 6) is 0. The van der Waals surface area contributed by atoms with E-state index in [4.69, 9.17) is 0 Å². The summed E-state index contributed by atoms with van der Waals surface area (Å²) < 4.78 is 0. The average molecular weight is 285 g/mol. The van der Waals surface area contributed by atoms with Crippen molar-refractivity contribution >= 4 is 5.69 Å². The maximum Gasteiger partial charge on any atom is 2.00 e. The summed E-state index contributed by atoms with van der Waals surface area (Å²) in [6, 6.07) is 4.15. The van der Waals surface area contributed by atoms with Crippen LogP contribution in [-0.2, 0) is 19.5 Å². The zero-order valence-electron chi connectivity index (χ0n) is 8.00. The minimum atomic E-state index is 0. The fourth-order valence-corrected chi connectivity index (χ4v) is 1.53. The molecule has 1 aromatic rings. The Morgan fingerprint density at radius 3 is 2.00 bits per heavy atom. The standard InChI is InChI=1S/C9H12N2.2ClH.Zn/c1-2-8-11(7-1)9-3-5-10-6-4-9;;;/h3-6H,1-2,7-8H2;2*1H;/q;;;+2/p-2. The van der Waals surface area contributed by atoms with Crippen molar-refractivity contribution in [1.82, 2.24) is 4.98 Å². The second-order valence-corrected chi connectivity index (χ2v) is 2.90. The van der Waals surface area contributed by atoms with Crippen molar-refractivity contribution in [3.05, 3.63) is 24.5 Å². The SMILES string of the molecule is [Cl-].[Cl-].[Zn+2].c1cc(N2CCCC2)ccn1. The van der Waals surface area contributed by atoms with E-state index in [-0.39, 0.29) is 44.3 Å². The summed E-state index contributed by atoms with van der Waals surface area (Å²) in [6.45, 7) is 2.42. The van der Waals surface area contributed by atoms with E-state index in [0.717, 1.165) is 0 Å². The van der Waals surface area contributed by atoms with Crippen molar-refractivity contribution in [3.8, 4) is 0 Å². The maximum atomic E-state index is 3.99. The van der Waals surface area contributed by atoms with Crippen LogP contribution < -0.4 is 29.7 Å². The number of halogens is 2. The second kappa shape index (κ2) is 8.46. The summed E-state index contributed by atoms with van der Waals surface area (Å²) in [5, 5.41) is 0. The van der Waals surface area contributed by atoms with Crippen molar-refractivity contribution in [2.45, 2.75) is 12.8 Å². The zero-order valence-corrected chi connectivity index (χ0v) is 12.5. The largest absolute Gasteiger partial charge is 2.00 e. The number of rotatable bonds is 1. The molecule has 0 atom stereocenters. The van der Waals surface area contributed by atoms with Gasteiger partial charge in [0.15, 0.2) is 0 Å². The predicted octanol–water partition coefficient (Wildman–Crippen LogP) is -4.31. The van der Waals surface area contributed by atoms with Gasteiger partial charge >= 0.3 is 19.5 Å². The molecular formula is C9H12Cl2N2Zn. The first-order valence-corrected chi connectivity index (χ1v) is 4.12. The third-order valence-corrected chi connectivity index (χ3v) is 2.13. The van der Waals surface area contributed by atoms with Gasteiger partial charge in [-0.05, 0) is 25.0 Å². The smallest absolute Gasteiger partial charge is 1.00 e. The van der Waals surface area contributed by atoms with Gasteiger partial charge in [0.25, 0.3) is 0 Å². The minimum absolute atomic E-state index is 0. The van der Waals surface area contributed by atoms with Gasteiger partial charge in [0.2, 0.25) is 0 Å². The molecule has 2 heterocycles.